The maximum absolute atomic E-state index is 12.6. The predicted octanol–water partition coefficient (Wildman–Crippen LogP) is 1.72. The van der Waals surface area contributed by atoms with Crippen molar-refractivity contribution in [3.63, 3.8) is 0 Å². The number of rotatable bonds is 5. The molecule has 2 aliphatic rings. The fraction of sp³-hybridized carbons (Fsp3) is 0.444. The van der Waals surface area contributed by atoms with Crippen molar-refractivity contribution in [1.82, 2.24) is 19.8 Å². The van der Waals surface area contributed by atoms with Gasteiger partial charge in [0.1, 0.15) is 12.1 Å². The maximum Gasteiger partial charge on any atom is 0.325 e. The van der Waals surface area contributed by atoms with Crippen LogP contribution in [0.1, 0.15) is 26.7 Å². The molecule has 0 spiro atoms. The van der Waals surface area contributed by atoms with Gasteiger partial charge in [-0.05, 0) is 44.7 Å². The van der Waals surface area contributed by atoms with Crippen LogP contribution in [-0.4, -0.2) is 44.4 Å². The van der Waals surface area contributed by atoms with E-state index in [1.165, 1.54) is 0 Å². The number of aryl methyl sites for hydroxylation is 1. The highest BCUT2D eigenvalue weighted by atomic mass is 16.2. The lowest BCUT2D eigenvalue weighted by atomic mass is 9.96. The van der Waals surface area contributed by atoms with Crippen molar-refractivity contribution in [3.8, 4) is 0 Å². The Bertz CT molecular complexity index is 917. The molecule has 1 aliphatic heterocycles. The number of amides is 4. The third-order valence-corrected chi connectivity index (χ3v) is 5.22. The van der Waals surface area contributed by atoms with Crippen LogP contribution < -0.4 is 10.6 Å². The number of imidazole rings is 1. The van der Waals surface area contributed by atoms with Crippen LogP contribution in [0.15, 0.2) is 24.3 Å². The van der Waals surface area contributed by atoms with E-state index in [1.807, 2.05) is 35.8 Å². The second-order valence-corrected chi connectivity index (χ2v) is 7.01. The molecule has 0 radical (unpaired) electrons. The van der Waals surface area contributed by atoms with Gasteiger partial charge in [-0.15, -0.1) is 0 Å². The maximum atomic E-state index is 12.6. The zero-order valence-electron chi connectivity index (χ0n) is 14.8. The number of carbonyl (C=O) groups excluding carboxylic acids is 3. The number of hydrogen-bond donors (Lipinski definition) is 2. The summed E-state index contributed by atoms with van der Waals surface area (Å²) in [5.41, 5.74) is 0.816. The van der Waals surface area contributed by atoms with Gasteiger partial charge in [-0.3, -0.25) is 19.8 Å². The van der Waals surface area contributed by atoms with Crippen LogP contribution in [0.2, 0.25) is 0 Å². The van der Waals surface area contributed by atoms with Crippen LogP contribution in [0, 0.1) is 5.92 Å². The molecule has 1 aromatic carbocycles. The number of carbonyl (C=O) groups is 3. The molecule has 8 nitrogen and oxygen atoms in total. The van der Waals surface area contributed by atoms with Crippen molar-refractivity contribution in [2.75, 3.05) is 11.9 Å². The van der Waals surface area contributed by atoms with Gasteiger partial charge >= 0.3 is 6.03 Å². The summed E-state index contributed by atoms with van der Waals surface area (Å²) in [5.74, 6) is -0.199. The minimum absolute atomic E-state index is 0.163. The SMILES string of the molecule is CCn1c(NC(=O)CN2C(=O)NC(C)(C3CC3)C2=O)nc2ccccc21. The molecule has 2 heterocycles. The third-order valence-electron chi connectivity index (χ3n) is 5.22. The van der Waals surface area contributed by atoms with Crippen molar-refractivity contribution in [1.29, 1.82) is 0 Å². The van der Waals surface area contributed by atoms with Crippen LogP contribution in [-0.2, 0) is 16.1 Å². The van der Waals surface area contributed by atoms with Crippen molar-refractivity contribution < 1.29 is 14.4 Å². The summed E-state index contributed by atoms with van der Waals surface area (Å²) in [6.07, 6.45) is 1.84. The number of nitrogens with one attached hydrogen (secondary N) is 2. The summed E-state index contributed by atoms with van der Waals surface area (Å²) >= 11 is 0. The Hall–Kier alpha value is -2.90. The number of benzene rings is 1. The van der Waals surface area contributed by atoms with Gasteiger partial charge in [-0.25, -0.2) is 9.78 Å². The predicted molar refractivity (Wildman–Crippen MR) is 95.4 cm³/mol. The average molecular weight is 355 g/mol. The molecule has 8 heteroatoms. The number of aromatic nitrogens is 2. The number of anilines is 1. The Balaban J connectivity index is 1.51. The van der Waals surface area contributed by atoms with Crippen molar-refractivity contribution >= 4 is 34.8 Å². The highest BCUT2D eigenvalue weighted by Gasteiger charge is 2.56. The normalized spacial score (nSPS) is 22.8. The Morgan fingerprint density at radius 2 is 2.08 bits per heavy atom. The van der Waals surface area contributed by atoms with E-state index in [-0.39, 0.29) is 18.4 Å². The zero-order chi connectivity index (χ0) is 18.5. The molecule has 4 rings (SSSR count). The third kappa shape index (κ3) is 2.53. The molecular formula is C18H21N5O3. The first-order valence-corrected chi connectivity index (χ1v) is 8.83. The van der Waals surface area contributed by atoms with Gasteiger partial charge in [0.15, 0.2) is 0 Å². The van der Waals surface area contributed by atoms with E-state index in [9.17, 15) is 14.4 Å². The second-order valence-electron chi connectivity index (χ2n) is 7.01. The first-order chi connectivity index (χ1) is 12.4. The number of imide groups is 1. The van der Waals surface area contributed by atoms with Crippen LogP contribution >= 0.6 is 0 Å². The highest BCUT2D eigenvalue weighted by molar-refractivity contribution is 6.10. The van der Waals surface area contributed by atoms with E-state index >= 15 is 0 Å². The van der Waals surface area contributed by atoms with Gasteiger partial charge in [0.25, 0.3) is 5.91 Å². The second kappa shape index (κ2) is 5.82. The minimum atomic E-state index is -0.881. The van der Waals surface area contributed by atoms with E-state index in [1.54, 1.807) is 6.92 Å². The summed E-state index contributed by atoms with van der Waals surface area (Å²) in [7, 11) is 0. The molecule has 4 amide bonds. The molecule has 2 fully saturated rings. The van der Waals surface area contributed by atoms with Gasteiger partial charge in [-0.1, -0.05) is 12.1 Å². The monoisotopic (exact) mass is 355 g/mol. The summed E-state index contributed by atoms with van der Waals surface area (Å²) in [5, 5.41) is 5.47. The lowest BCUT2D eigenvalue weighted by molar-refractivity contribution is -0.134. The topological polar surface area (TPSA) is 96.3 Å². The Morgan fingerprint density at radius 3 is 2.77 bits per heavy atom. The molecule has 1 saturated heterocycles. The van der Waals surface area contributed by atoms with Crippen LogP contribution in [0.5, 0.6) is 0 Å². The number of hydrogen-bond acceptors (Lipinski definition) is 4. The lowest BCUT2D eigenvalue weighted by Gasteiger charge is -2.20. The summed E-state index contributed by atoms with van der Waals surface area (Å²) in [4.78, 5) is 42.7. The first-order valence-electron chi connectivity index (χ1n) is 8.83. The number of fused-ring (bicyclic) bond motifs is 1. The molecule has 1 aliphatic carbocycles. The molecule has 2 N–H and O–H groups in total. The van der Waals surface area contributed by atoms with E-state index in [0.29, 0.717) is 12.5 Å². The van der Waals surface area contributed by atoms with Crippen molar-refractivity contribution in [2.45, 2.75) is 38.8 Å². The van der Waals surface area contributed by atoms with Gasteiger partial charge in [0, 0.05) is 6.54 Å². The first kappa shape index (κ1) is 16.6. The standard InChI is InChI=1S/C18H21N5O3/c1-3-22-13-7-5-4-6-12(13)19-16(22)20-14(24)10-23-15(25)18(2,11-8-9-11)21-17(23)26/h4-7,11H,3,8-10H2,1-2H3,(H,21,26)(H,19,20,24). The molecule has 1 saturated carbocycles. The molecule has 1 aromatic heterocycles. The van der Waals surface area contributed by atoms with E-state index in [2.05, 4.69) is 15.6 Å². The van der Waals surface area contributed by atoms with E-state index < -0.39 is 17.5 Å². The molecule has 1 atom stereocenters. The molecule has 26 heavy (non-hydrogen) atoms. The van der Waals surface area contributed by atoms with Gasteiger partial charge in [0.05, 0.1) is 11.0 Å². The van der Waals surface area contributed by atoms with Crippen molar-refractivity contribution in [3.05, 3.63) is 24.3 Å². The Kier molecular flexibility index (Phi) is 3.71. The van der Waals surface area contributed by atoms with Gasteiger partial charge < -0.3 is 9.88 Å². The smallest absolute Gasteiger partial charge is 0.323 e. The molecule has 136 valence electrons. The Labute approximate surface area is 150 Å². The lowest BCUT2D eigenvalue weighted by Crippen LogP contribution is -2.46. The quantitative estimate of drug-likeness (QED) is 0.798. The summed E-state index contributed by atoms with van der Waals surface area (Å²) < 4.78 is 1.88. The van der Waals surface area contributed by atoms with Crippen LogP contribution in [0.25, 0.3) is 11.0 Å². The summed E-state index contributed by atoms with van der Waals surface area (Å²) in [6.45, 7) is 4.01. The largest absolute Gasteiger partial charge is 0.325 e. The van der Waals surface area contributed by atoms with Crippen molar-refractivity contribution in [2.24, 2.45) is 5.92 Å². The van der Waals surface area contributed by atoms with E-state index in [0.717, 1.165) is 28.8 Å². The van der Waals surface area contributed by atoms with Gasteiger partial charge in [-0.2, -0.15) is 0 Å². The molecule has 0 bridgehead atoms. The van der Waals surface area contributed by atoms with Gasteiger partial charge in [0.2, 0.25) is 11.9 Å². The van der Waals surface area contributed by atoms with Crippen LogP contribution in [0.3, 0.4) is 0 Å². The average Bonchev–Trinajstić information content (AvgIpc) is 3.37. The number of nitrogens with zero attached hydrogens (tertiary/aromatic N) is 3. The summed E-state index contributed by atoms with van der Waals surface area (Å²) in [6, 6.07) is 7.08. The van der Waals surface area contributed by atoms with E-state index in [4.69, 9.17) is 0 Å². The number of urea groups is 1. The molecule has 1 unspecified atom stereocenters. The Morgan fingerprint density at radius 1 is 1.35 bits per heavy atom. The fourth-order valence-corrected chi connectivity index (χ4v) is 3.60. The zero-order valence-corrected chi connectivity index (χ0v) is 14.8. The fourth-order valence-electron chi connectivity index (χ4n) is 3.60. The molecular weight excluding hydrogens is 334 g/mol. The minimum Gasteiger partial charge on any atom is -0.323 e. The van der Waals surface area contributed by atoms with Crippen LogP contribution in [0.4, 0.5) is 10.7 Å². The molecule has 2 aromatic rings. The highest BCUT2D eigenvalue weighted by Crippen LogP contribution is 2.42. The number of para-hydroxylation sites is 2.